The number of nitrogens with zero attached hydrogens (tertiary/aromatic N) is 5. The Morgan fingerprint density at radius 1 is 1.00 bits per heavy atom. The van der Waals surface area contributed by atoms with Crippen LogP contribution in [0.25, 0.3) is 21.8 Å². The summed E-state index contributed by atoms with van der Waals surface area (Å²) in [6.45, 7) is 19.3. The highest BCUT2D eigenvalue weighted by Crippen LogP contribution is 2.41. The van der Waals surface area contributed by atoms with Crippen LogP contribution in [0.3, 0.4) is 0 Å². The number of hydrogen-bond donors (Lipinski definition) is 3. The maximum absolute atomic E-state index is 15.9. The molecule has 0 amide bonds. The Bertz CT molecular complexity index is 1900. The van der Waals surface area contributed by atoms with Gasteiger partial charge in [-0.15, -0.1) is 5.54 Å². The van der Waals surface area contributed by atoms with Crippen molar-refractivity contribution < 1.29 is 9.50 Å². The first-order chi connectivity index (χ1) is 22.8. The second kappa shape index (κ2) is 12.0. The Balaban J connectivity index is 1.36. The third-order valence-corrected chi connectivity index (χ3v) is 17.5. The molecule has 0 unspecified atom stereocenters. The van der Waals surface area contributed by atoms with Gasteiger partial charge in [-0.3, -0.25) is 0 Å². The summed E-state index contributed by atoms with van der Waals surface area (Å²) in [5, 5.41) is 17.1. The summed E-state index contributed by atoms with van der Waals surface area (Å²) in [7, 11) is -2.12. The van der Waals surface area contributed by atoms with Gasteiger partial charge in [-0.1, -0.05) is 53.5 Å². The van der Waals surface area contributed by atoms with E-state index in [1.54, 1.807) is 18.2 Å². The molecule has 10 heteroatoms. The zero-order chi connectivity index (χ0) is 34.1. The van der Waals surface area contributed by atoms with Gasteiger partial charge in [0.2, 0.25) is 5.95 Å². The number of aromatic nitrogens is 3. The van der Waals surface area contributed by atoms with Gasteiger partial charge in [0.05, 0.1) is 10.9 Å². The number of rotatable bonds is 7. The van der Waals surface area contributed by atoms with E-state index in [1.165, 1.54) is 18.9 Å². The van der Waals surface area contributed by atoms with Crippen LogP contribution in [0.5, 0.6) is 5.75 Å². The number of hydrogen-bond acceptors (Lipinski definition) is 7. The maximum Gasteiger partial charge on any atom is 0.229 e. The van der Waals surface area contributed by atoms with Crippen LogP contribution in [0.1, 0.15) is 72.4 Å². The Morgan fingerprint density at radius 2 is 1.67 bits per heavy atom. The van der Waals surface area contributed by atoms with Crippen molar-refractivity contribution in [3.05, 3.63) is 53.5 Å². The first-order valence-corrected chi connectivity index (χ1v) is 19.9. The Morgan fingerprint density at radius 3 is 2.29 bits per heavy atom. The van der Waals surface area contributed by atoms with Crippen LogP contribution in [-0.2, 0) is 6.54 Å². The maximum atomic E-state index is 15.9. The van der Waals surface area contributed by atoms with Crippen molar-refractivity contribution in [1.82, 2.24) is 19.9 Å². The number of benzene rings is 2. The lowest BCUT2D eigenvalue weighted by atomic mass is 9.93. The number of aromatic hydroxyl groups is 1. The summed E-state index contributed by atoms with van der Waals surface area (Å²) in [6, 6.07) is 9.66. The van der Waals surface area contributed by atoms with E-state index in [0.29, 0.717) is 40.8 Å². The monoisotopic (exact) mass is 667 g/mol. The van der Waals surface area contributed by atoms with Crippen LogP contribution in [-0.4, -0.2) is 71.5 Å². The second-order valence-corrected chi connectivity index (χ2v) is 21.4. The minimum Gasteiger partial charge on any atom is -0.508 e. The van der Waals surface area contributed by atoms with Crippen LogP contribution in [0.2, 0.25) is 16.6 Å². The van der Waals surface area contributed by atoms with Gasteiger partial charge in [0, 0.05) is 61.9 Å². The third-order valence-electron chi connectivity index (χ3n) is 11.2. The van der Waals surface area contributed by atoms with Crippen LogP contribution in [0.15, 0.2) is 36.5 Å². The van der Waals surface area contributed by atoms with E-state index in [9.17, 15) is 5.11 Å². The number of piperazine rings is 1. The fourth-order valence-corrected chi connectivity index (χ4v) is 14.2. The summed E-state index contributed by atoms with van der Waals surface area (Å²) < 4.78 is 18.0. The largest absolute Gasteiger partial charge is 0.508 e. The molecular formula is C38H50FN7OSi. The predicted octanol–water partition coefficient (Wildman–Crippen LogP) is 6.53. The SMILES string of the molecule is CC(C)[Si](C#Cc1c(F)ccc2cc(O)cc(Cn3ccc4c(N5CC(C)(N)C5)nc(N5C[C@H]6CC[C@@H](C5)N6)nc43)c12)(C(C)C)C(C)C. The summed E-state index contributed by atoms with van der Waals surface area (Å²) in [5.41, 5.74) is 13.2. The molecule has 4 aromatic rings. The number of phenols is 1. The van der Waals surface area contributed by atoms with E-state index in [4.69, 9.17) is 15.7 Å². The van der Waals surface area contributed by atoms with Gasteiger partial charge in [0.15, 0.2) is 0 Å². The predicted molar refractivity (Wildman–Crippen MR) is 197 cm³/mol. The zero-order valence-electron chi connectivity index (χ0n) is 29.4. The fraction of sp³-hybridized carbons (Fsp3) is 0.526. The van der Waals surface area contributed by atoms with Crippen LogP contribution in [0.4, 0.5) is 16.2 Å². The summed E-state index contributed by atoms with van der Waals surface area (Å²) >= 11 is 0. The number of anilines is 2. The lowest BCUT2D eigenvalue weighted by Crippen LogP contribution is -2.66. The number of nitrogens with one attached hydrogen (secondary N) is 1. The molecule has 254 valence electrons. The van der Waals surface area contributed by atoms with E-state index in [2.05, 4.69) is 85.7 Å². The standard InChI is InChI=1S/C38H50FN7OSi/c1-23(2)48(24(3)4,25(5)6)15-13-31-33(39)11-8-26-16-30(47)17-27(34(26)31)18-44-14-12-32-35(44)42-37(43-36(32)46-21-38(7,40)22-46)45-19-28-9-10-29(20-45)41-28/h8,11-12,14,16-17,23-25,28-29,41,47H,9-10,18-22,40H2,1-7H3/t28-,29+. The van der Waals surface area contributed by atoms with Crippen molar-refractivity contribution in [3.63, 3.8) is 0 Å². The summed E-state index contributed by atoms with van der Waals surface area (Å²) in [6.07, 6.45) is 4.38. The Hall–Kier alpha value is -3.65. The minimum absolute atomic E-state index is 0.143. The van der Waals surface area contributed by atoms with Gasteiger partial charge < -0.3 is 30.5 Å². The molecule has 2 atom stereocenters. The van der Waals surface area contributed by atoms with Gasteiger partial charge in [0.25, 0.3) is 0 Å². The Labute approximate surface area is 284 Å². The first-order valence-electron chi connectivity index (χ1n) is 17.6. The second-order valence-electron chi connectivity index (χ2n) is 15.9. The molecule has 0 aliphatic carbocycles. The highest BCUT2D eigenvalue weighted by Gasteiger charge is 2.42. The molecule has 2 aromatic heterocycles. The molecule has 3 aliphatic rings. The van der Waals surface area contributed by atoms with E-state index >= 15 is 4.39 Å². The van der Waals surface area contributed by atoms with Crippen molar-refractivity contribution in [2.24, 2.45) is 5.73 Å². The van der Waals surface area contributed by atoms with E-state index < -0.39 is 8.07 Å². The average molecular weight is 668 g/mol. The highest BCUT2D eigenvalue weighted by molar-refractivity contribution is 6.90. The molecule has 4 N–H and O–H groups in total. The lowest BCUT2D eigenvalue weighted by molar-refractivity contribution is 0.363. The number of nitrogens with two attached hydrogens (primary N) is 1. The van der Waals surface area contributed by atoms with Crippen molar-refractivity contribution in [2.45, 2.75) is 102 Å². The minimum atomic E-state index is -2.12. The van der Waals surface area contributed by atoms with Gasteiger partial charge in [-0.25, -0.2) is 4.39 Å². The van der Waals surface area contributed by atoms with Crippen LogP contribution >= 0.6 is 0 Å². The smallest absolute Gasteiger partial charge is 0.229 e. The Kier molecular flexibility index (Phi) is 8.25. The van der Waals surface area contributed by atoms with Gasteiger partial charge in [-0.05, 0) is 71.6 Å². The van der Waals surface area contributed by atoms with E-state index in [0.717, 1.165) is 65.3 Å². The molecule has 0 saturated carbocycles. The van der Waals surface area contributed by atoms with E-state index in [1.807, 2.05) is 6.20 Å². The molecular weight excluding hydrogens is 618 g/mol. The van der Waals surface area contributed by atoms with Gasteiger partial charge >= 0.3 is 0 Å². The van der Waals surface area contributed by atoms with E-state index in [-0.39, 0.29) is 17.1 Å². The fourth-order valence-electron chi connectivity index (χ4n) is 9.03. The molecule has 0 radical (unpaired) electrons. The molecule has 3 saturated heterocycles. The average Bonchev–Trinajstić information content (AvgIpc) is 3.57. The van der Waals surface area contributed by atoms with Crippen molar-refractivity contribution >= 4 is 41.6 Å². The van der Waals surface area contributed by atoms with Crippen molar-refractivity contribution in [1.29, 1.82) is 0 Å². The highest BCUT2D eigenvalue weighted by atomic mass is 28.3. The molecule has 7 rings (SSSR count). The van der Waals surface area contributed by atoms with Crippen LogP contribution < -0.4 is 20.9 Å². The molecule has 3 fully saturated rings. The third kappa shape index (κ3) is 5.63. The number of halogens is 1. The zero-order valence-corrected chi connectivity index (χ0v) is 30.4. The number of phenolic OH excluding ortho intramolecular Hbond substituents is 1. The molecule has 5 heterocycles. The van der Waals surface area contributed by atoms with Crippen LogP contribution in [0, 0.1) is 17.3 Å². The molecule has 2 bridgehead atoms. The summed E-state index contributed by atoms with van der Waals surface area (Å²) in [4.78, 5) is 14.9. The normalized spacial score (nSPS) is 20.7. The summed E-state index contributed by atoms with van der Waals surface area (Å²) in [5.74, 6) is 4.87. The van der Waals surface area contributed by atoms with Crippen molar-refractivity contribution in [2.75, 3.05) is 36.0 Å². The molecule has 8 nitrogen and oxygen atoms in total. The lowest BCUT2D eigenvalue weighted by Gasteiger charge is -2.46. The van der Waals surface area contributed by atoms with Crippen molar-refractivity contribution in [3.8, 4) is 17.2 Å². The molecule has 48 heavy (non-hydrogen) atoms. The quantitative estimate of drug-likeness (QED) is 0.153. The topological polar surface area (TPSA) is 95.5 Å². The molecule has 2 aromatic carbocycles. The molecule has 3 aliphatic heterocycles. The first kappa shape index (κ1) is 32.9. The van der Waals surface area contributed by atoms with Gasteiger partial charge in [-0.2, -0.15) is 9.97 Å². The number of fused-ring (bicyclic) bond motifs is 4. The van der Waals surface area contributed by atoms with Gasteiger partial charge in [0.1, 0.15) is 31.1 Å². The molecule has 0 spiro atoms.